The lowest BCUT2D eigenvalue weighted by Crippen LogP contribution is -2.71. The molecule has 3 aliphatic heterocycles. The van der Waals surface area contributed by atoms with Crippen molar-refractivity contribution in [1.82, 2.24) is 9.80 Å². The van der Waals surface area contributed by atoms with Crippen LogP contribution in [-0.2, 0) is 14.3 Å². The Kier molecular flexibility index (Phi) is 5.47. The summed E-state index contributed by atoms with van der Waals surface area (Å²) >= 11 is 24.3. The van der Waals surface area contributed by atoms with E-state index >= 15 is 0 Å². The molecule has 4 atom stereocenters. The third-order valence-electron chi connectivity index (χ3n) is 5.27. The Bertz CT molecular complexity index is 935. The van der Waals surface area contributed by atoms with Crippen molar-refractivity contribution < 1.29 is 23.9 Å². The van der Waals surface area contributed by atoms with Crippen LogP contribution < -0.4 is 0 Å². The van der Waals surface area contributed by atoms with Gasteiger partial charge in [0, 0.05) is 5.88 Å². The summed E-state index contributed by atoms with van der Waals surface area (Å²) in [6.45, 7) is 1.21. The van der Waals surface area contributed by atoms with E-state index < -0.39 is 56.3 Å². The second-order valence-electron chi connectivity index (χ2n) is 7.30. The normalized spacial score (nSPS) is 30.3. The first kappa shape index (κ1) is 22.0. The topological polar surface area (TPSA) is 84.0 Å². The SMILES string of the molecule is C[C@@]1(CCl)S[C@H]2C(N3C(=O)c4ccccc4C3=O)C(=O)N2C1C(=O)OCC(Cl)(Cl)Cl. The summed E-state index contributed by atoms with van der Waals surface area (Å²) in [6, 6.07) is 4.30. The fourth-order valence-electron chi connectivity index (χ4n) is 3.90. The second-order valence-corrected chi connectivity index (χ2v) is 11.7. The lowest BCUT2D eigenvalue weighted by atomic mass is 9.95. The first-order valence-electron chi connectivity index (χ1n) is 8.76. The quantitative estimate of drug-likeness (QED) is 0.267. The Morgan fingerprint density at radius 3 is 2.23 bits per heavy atom. The molecule has 0 aliphatic carbocycles. The molecule has 160 valence electrons. The summed E-state index contributed by atoms with van der Waals surface area (Å²) < 4.78 is 2.37. The van der Waals surface area contributed by atoms with Gasteiger partial charge in [-0.15, -0.1) is 23.4 Å². The van der Waals surface area contributed by atoms with Crippen LogP contribution in [0.4, 0.5) is 0 Å². The monoisotopic (exact) mass is 510 g/mol. The van der Waals surface area contributed by atoms with Gasteiger partial charge in [0.1, 0.15) is 24.1 Å². The molecule has 0 radical (unpaired) electrons. The number of β-lactam (4-membered cyclic amide) rings is 1. The summed E-state index contributed by atoms with van der Waals surface area (Å²) in [5, 5.41) is -0.631. The number of benzene rings is 1. The maximum Gasteiger partial charge on any atom is 0.330 e. The van der Waals surface area contributed by atoms with E-state index in [0.29, 0.717) is 0 Å². The first-order valence-corrected chi connectivity index (χ1v) is 11.3. The number of alkyl halides is 4. The van der Waals surface area contributed by atoms with Gasteiger partial charge in [-0.3, -0.25) is 19.3 Å². The van der Waals surface area contributed by atoms with Crippen LogP contribution in [0.15, 0.2) is 24.3 Å². The smallest absolute Gasteiger partial charge is 0.330 e. The molecule has 0 bridgehead atoms. The van der Waals surface area contributed by atoms with Crippen LogP contribution in [0, 0.1) is 0 Å². The molecule has 7 nitrogen and oxygen atoms in total. The molecule has 3 heterocycles. The number of amides is 3. The van der Waals surface area contributed by atoms with Gasteiger partial charge in [0.15, 0.2) is 0 Å². The summed E-state index contributed by atoms with van der Waals surface area (Å²) in [5.41, 5.74) is 0.492. The molecule has 1 aromatic carbocycles. The molecular formula is C18H14Cl4N2O5S. The minimum atomic E-state index is -1.81. The molecule has 2 fully saturated rings. The second kappa shape index (κ2) is 7.45. The molecule has 4 rings (SSSR count). The zero-order valence-corrected chi connectivity index (χ0v) is 19.2. The number of fused-ring (bicyclic) bond motifs is 2. The number of hydrogen-bond acceptors (Lipinski definition) is 6. The Hall–Kier alpha value is -1.19. The summed E-state index contributed by atoms with van der Waals surface area (Å²) in [4.78, 5) is 53.6. The molecule has 0 N–H and O–H groups in total. The molecule has 1 aromatic rings. The van der Waals surface area contributed by atoms with Crippen molar-refractivity contribution in [3.05, 3.63) is 35.4 Å². The molecular weight excluding hydrogens is 498 g/mol. The fraction of sp³-hybridized carbons (Fsp3) is 0.444. The highest BCUT2D eigenvalue weighted by Crippen LogP contribution is 2.53. The maximum absolute atomic E-state index is 13.0. The number of halogens is 4. The van der Waals surface area contributed by atoms with Gasteiger partial charge in [0.05, 0.1) is 15.9 Å². The Morgan fingerprint density at radius 2 is 1.73 bits per heavy atom. The Balaban J connectivity index is 1.60. The van der Waals surface area contributed by atoms with Gasteiger partial charge in [0.25, 0.3) is 17.7 Å². The van der Waals surface area contributed by atoms with E-state index in [-0.39, 0.29) is 17.0 Å². The van der Waals surface area contributed by atoms with Crippen LogP contribution in [0.3, 0.4) is 0 Å². The molecule has 0 saturated carbocycles. The number of imide groups is 1. The van der Waals surface area contributed by atoms with Crippen LogP contribution >= 0.6 is 58.2 Å². The third-order valence-corrected chi connectivity index (χ3v) is 7.94. The molecule has 0 aromatic heterocycles. The Morgan fingerprint density at radius 1 is 1.17 bits per heavy atom. The van der Waals surface area contributed by atoms with E-state index in [1.54, 1.807) is 19.1 Å². The standard InChI is InChI=1S/C18H14Cl4N2O5S/c1-17(6-19)11(16(28)29-7-18(20,21)22)24-14(27)10(15(24)30-17)23-12(25)8-4-2-3-5-9(8)13(23)26/h2-5,10-11,15H,6-7H2,1H3/t10?,11?,15-,17-/m0/s1. The van der Waals surface area contributed by atoms with Crippen molar-refractivity contribution in [2.24, 2.45) is 0 Å². The number of rotatable bonds is 4. The molecule has 2 unspecified atom stereocenters. The van der Waals surface area contributed by atoms with Crippen molar-refractivity contribution in [2.45, 2.75) is 32.9 Å². The average Bonchev–Trinajstić information content (AvgIpc) is 3.11. The van der Waals surface area contributed by atoms with E-state index in [2.05, 4.69) is 0 Å². The first-order chi connectivity index (χ1) is 14.0. The minimum absolute atomic E-state index is 0.0142. The van der Waals surface area contributed by atoms with Crippen LogP contribution in [0.1, 0.15) is 27.6 Å². The van der Waals surface area contributed by atoms with Gasteiger partial charge < -0.3 is 9.64 Å². The van der Waals surface area contributed by atoms with Gasteiger partial charge in [-0.05, 0) is 19.1 Å². The predicted octanol–water partition coefficient (Wildman–Crippen LogP) is 2.85. The number of carbonyl (C=O) groups is 4. The van der Waals surface area contributed by atoms with E-state index in [1.807, 2.05) is 0 Å². The molecule has 0 spiro atoms. The maximum atomic E-state index is 13.0. The van der Waals surface area contributed by atoms with Crippen molar-refractivity contribution in [2.75, 3.05) is 12.5 Å². The number of carbonyl (C=O) groups excluding carboxylic acids is 4. The third kappa shape index (κ3) is 3.28. The van der Waals surface area contributed by atoms with Gasteiger partial charge >= 0.3 is 5.97 Å². The number of hydrogen-bond donors (Lipinski definition) is 0. The molecule has 30 heavy (non-hydrogen) atoms. The van der Waals surface area contributed by atoms with Gasteiger partial charge in [-0.1, -0.05) is 46.9 Å². The zero-order valence-electron chi connectivity index (χ0n) is 15.3. The Labute approximate surface area is 195 Å². The molecule has 12 heteroatoms. The van der Waals surface area contributed by atoms with Crippen LogP contribution in [0.2, 0.25) is 0 Å². The zero-order chi connectivity index (χ0) is 22.0. The summed E-state index contributed by atoms with van der Waals surface area (Å²) in [6.07, 6.45) is 0. The summed E-state index contributed by atoms with van der Waals surface area (Å²) in [5.74, 6) is -2.37. The van der Waals surface area contributed by atoms with Gasteiger partial charge in [-0.2, -0.15) is 0 Å². The lowest BCUT2D eigenvalue weighted by molar-refractivity contribution is -0.165. The van der Waals surface area contributed by atoms with E-state index in [4.69, 9.17) is 51.1 Å². The number of thioether (sulfide) groups is 1. The van der Waals surface area contributed by atoms with Crippen LogP contribution in [0.25, 0.3) is 0 Å². The van der Waals surface area contributed by atoms with E-state index in [0.717, 1.165) is 4.90 Å². The number of nitrogens with zero attached hydrogens (tertiary/aromatic N) is 2. The molecule has 3 aliphatic rings. The number of ether oxygens (including phenoxy) is 1. The van der Waals surface area contributed by atoms with Crippen LogP contribution in [0.5, 0.6) is 0 Å². The number of esters is 1. The van der Waals surface area contributed by atoms with Gasteiger partial charge in [0.2, 0.25) is 3.79 Å². The van der Waals surface area contributed by atoms with Crippen molar-refractivity contribution in [3.8, 4) is 0 Å². The van der Waals surface area contributed by atoms with Gasteiger partial charge in [-0.25, -0.2) is 4.79 Å². The summed E-state index contributed by atoms with van der Waals surface area (Å²) in [7, 11) is 0. The van der Waals surface area contributed by atoms with E-state index in [9.17, 15) is 19.2 Å². The minimum Gasteiger partial charge on any atom is -0.460 e. The predicted molar refractivity (Wildman–Crippen MR) is 113 cm³/mol. The fourth-order valence-corrected chi connectivity index (χ4v) is 6.06. The largest absolute Gasteiger partial charge is 0.460 e. The highest BCUT2D eigenvalue weighted by Gasteiger charge is 2.68. The van der Waals surface area contributed by atoms with Crippen LogP contribution in [-0.4, -0.2) is 72.0 Å². The van der Waals surface area contributed by atoms with Crippen molar-refractivity contribution in [1.29, 1.82) is 0 Å². The molecule has 3 amide bonds. The van der Waals surface area contributed by atoms with Crippen molar-refractivity contribution >= 4 is 81.9 Å². The van der Waals surface area contributed by atoms with Crippen molar-refractivity contribution in [3.63, 3.8) is 0 Å². The highest BCUT2D eigenvalue weighted by atomic mass is 35.6. The lowest BCUT2D eigenvalue weighted by Gasteiger charge is -2.46. The highest BCUT2D eigenvalue weighted by molar-refractivity contribution is 8.01. The average molecular weight is 512 g/mol. The molecule has 2 saturated heterocycles. The van der Waals surface area contributed by atoms with E-state index in [1.165, 1.54) is 28.8 Å².